The van der Waals surface area contributed by atoms with Crippen LogP contribution >= 0.6 is 0 Å². The van der Waals surface area contributed by atoms with Crippen LogP contribution in [0.5, 0.6) is 0 Å². The smallest absolute Gasteiger partial charge is 0.152 e. The topological polar surface area (TPSA) is 49.4 Å². The van der Waals surface area contributed by atoms with Crippen molar-refractivity contribution in [1.82, 2.24) is 4.90 Å². The third-order valence-corrected chi connectivity index (χ3v) is 5.80. The first-order valence-corrected chi connectivity index (χ1v) is 8.72. The molecule has 1 atom stereocenters. The van der Waals surface area contributed by atoms with Gasteiger partial charge in [0.15, 0.2) is 9.84 Å². The van der Waals surface area contributed by atoms with Crippen molar-refractivity contribution < 1.29 is 8.42 Å². The number of aryl methyl sites for hydroxylation is 1. The van der Waals surface area contributed by atoms with Crippen LogP contribution in [0.25, 0.3) is 0 Å². The molecule has 1 aromatic rings. The van der Waals surface area contributed by atoms with Gasteiger partial charge in [0.1, 0.15) is 0 Å². The van der Waals surface area contributed by atoms with Crippen molar-refractivity contribution in [1.29, 1.82) is 0 Å². The normalized spacial score (nSPS) is 27.1. The molecule has 5 heteroatoms. The first kappa shape index (κ1) is 12.9. The number of sulfone groups is 1. The first-order chi connectivity index (χ1) is 9.14. The number of fused-ring (bicyclic) bond motifs is 1. The highest BCUT2D eigenvalue weighted by atomic mass is 32.2. The molecule has 1 unspecified atom stereocenters. The van der Waals surface area contributed by atoms with Crippen LogP contribution in [0, 0.1) is 0 Å². The summed E-state index contributed by atoms with van der Waals surface area (Å²) in [7, 11) is -2.78. The van der Waals surface area contributed by atoms with Crippen molar-refractivity contribution in [2.24, 2.45) is 0 Å². The molecular formula is C14H20N2O2S. The van der Waals surface area contributed by atoms with Crippen molar-refractivity contribution in [3.8, 4) is 0 Å². The molecule has 0 aromatic heterocycles. The summed E-state index contributed by atoms with van der Waals surface area (Å²) in [5, 5.41) is 3.50. The molecule has 1 saturated heterocycles. The highest BCUT2D eigenvalue weighted by Gasteiger charge is 2.28. The third kappa shape index (κ3) is 2.92. The van der Waals surface area contributed by atoms with Crippen LogP contribution in [0.4, 0.5) is 5.69 Å². The quantitative estimate of drug-likeness (QED) is 0.838. The summed E-state index contributed by atoms with van der Waals surface area (Å²) in [6, 6.07) is 8.88. The Bertz CT molecular complexity index is 515. The van der Waals surface area contributed by atoms with Crippen molar-refractivity contribution in [2.45, 2.75) is 18.9 Å². The van der Waals surface area contributed by atoms with Crippen molar-refractivity contribution in [3.63, 3.8) is 0 Å². The predicted octanol–water partition coefficient (Wildman–Crippen LogP) is 1.14. The number of hydrogen-bond donors (Lipinski definition) is 1. The van der Waals surface area contributed by atoms with Crippen molar-refractivity contribution in [2.75, 3.05) is 36.5 Å². The van der Waals surface area contributed by atoms with E-state index in [-0.39, 0.29) is 0 Å². The van der Waals surface area contributed by atoms with E-state index in [1.807, 2.05) is 0 Å². The van der Waals surface area contributed by atoms with Gasteiger partial charge in [0, 0.05) is 31.4 Å². The Morgan fingerprint density at radius 2 is 1.89 bits per heavy atom. The van der Waals surface area contributed by atoms with Gasteiger partial charge in [-0.3, -0.25) is 4.90 Å². The zero-order valence-corrected chi connectivity index (χ0v) is 11.8. The summed E-state index contributed by atoms with van der Waals surface area (Å²) >= 11 is 0. The van der Waals surface area contributed by atoms with E-state index in [0.717, 1.165) is 19.4 Å². The molecule has 4 nitrogen and oxygen atoms in total. The van der Waals surface area contributed by atoms with Gasteiger partial charge in [-0.15, -0.1) is 0 Å². The molecule has 1 N–H and O–H groups in total. The lowest BCUT2D eigenvalue weighted by Crippen LogP contribution is -2.48. The van der Waals surface area contributed by atoms with E-state index in [2.05, 4.69) is 34.5 Å². The molecule has 19 heavy (non-hydrogen) atoms. The van der Waals surface area contributed by atoms with Gasteiger partial charge < -0.3 is 5.32 Å². The van der Waals surface area contributed by atoms with E-state index < -0.39 is 9.84 Å². The maximum absolute atomic E-state index is 11.5. The monoisotopic (exact) mass is 280 g/mol. The summed E-state index contributed by atoms with van der Waals surface area (Å²) < 4.78 is 23.0. The van der Waals surface area contributed by atoms with E-state index in [4.69, 9.17) is 0 Å². The zero-order chi connectivity index (χ0) is 13.3. The summed E-state index contributed by atoms with van der Waals surface area (Å²) in [4.78, 5) is 2.33. The molecule has 2 heterocycles. The molecular weight excluding hydrogens is 260 g/mol. The predicted molar refractivity (Wildman–Crippen MR) is 77.3 cm³/mol. The van der Waals surface area contributed by atoms with Gasteiger partial charge in [-0.05, 0) is 24.5 Å². The molecule has 0 radical (unpaired) electrons. The van der Waals surface area contributed by atoms with Gasteiger partial charge in [0.25, 0.3) is 0 Å². The number of rotatable bonds is 1. The van der Waals surface area contributed by atoms with Gasteiger partial charge in [-0.25, -0.2) is 8.42 Å². The second-order valence-corrected chi connectivity index (χ2v) is 7.72. The van der Waals surface area contributed by atoms with E-state index in [9.17, 15) is 8.42 Å². The largest absolute Gasteiger partial charge is 0.383 e. The average Bonchev–Trinajstić information content (AvgIpc) is 2.62. The number of benzene rings is 1. The van der Waals surface area contributed by atoms with Crippen LogP contribution < -0.4 is 5.32 Å². The van der Waals surface area contributed by atoms with Crippen LogP contribution in [0.3, 0.4) is 0 Å². The van der Waals surface area contributed by atoms with Gasteiger partial charge in [0.2, 0.25) is 0 Å². The Hall–Kier alpha value is -1.07. The van der Waals surface area contributed by atoms with Gasteiger partial charge in [-0.2, -0.15) is 0 Å². The lowest BCUT2D eigenvalue weighted by molar-refractivity contribution is 0.212. The number of para-hydroxylation sites is 1. The fourth-order valence-electron chi connectivity index (χ4n) is 2.97. The summed E-state index contributed by atoms with van der Waals surface area (Å²) in [5.41, 5.74) is 2.60. The maximum atomic E-state index is 11.5. The number of nitrogens with one attached hydrogen (secondary N) is 1. The Morgan fingerprint density at radius 1 is 1.16 bits per heavy atom. The van der Waals surface area contributed by atoms with E-state index in [0.29, 0.717) is 30.6 Å². The highest BCUT2D eigenvalue weighted by molar-refractivity contribution is 7.91. The molecule has 3 rings (SSSR count). The van der Waals surface area contributed by atoms with Crippen molar-refractivity contribution in [3.05, 3.63) is 29.8 Å². The summed E-state index contributed by atoms with van der Waals surface area (Å²) in [6.45, 7) is 2.28. The number of anilines is 1. The Labute approximate surface area is 114 Å². The molecule has 1 aromatic carbocycles. The lowest BCUT2D eigenvalue weighted by Gasteiger charge is -2.33. The van der Waals surface area contributed by atoms with Gasteiger partial charge in [-0.1, -0.05) is 18.2 Å². The highest BCUT2D eigenvalue weighted by Crippen LogP contribution is 2.23. The lowest BCUT2D eigenvalue weighted by atomic mass is 10.1. The van der Waals surface area contributed by atoms with Gasteiger partial charge in [0.05, 0.1) is 11.5 Å². The maximum Gasteiger partial charge on any atom is 0.152 e. The van der Waals surface area contributed by atoms with E-state index in [1.54, 1.807) is 0 Å². The number of nitrogens with zero attached hydrogens (tertiary/aromatic N) is 1. The molecule has 0 spiro atoms. The summed E-state index contributed by atoms with van der Waals surface area (Å²) in [5.74, 6) is 0.632. The molecule has 0 amide bonds. The minimum Gasteiger partial charge on any atom is -0.383 e. The molecule has 0 saturated carbocycles. The third-order valence-electron chi connectivity index (χ3n) is 4.19. The minimum absolute atomic E-state index is 0.316. The summed E-state index contributed by atoms with van der Waals surface area (Å²) in [6.07, 6.45) is 2.17. The fourth-order valence-corrected chi connectivity index (χ4v) is 4.20. The van der Waals surface area contributed by atoms with E-state index >= 15 is 0 Å². The second-order valence-electron chi connectivity index (χ2n) is 5.42. The zero-order valence-electron chi connectivity index (χ0n) is 11.0. The minimum atomic E-state index is -2.78. The van der Waals surface area contributed by atoms with Crippen LogP contribution in [0.2, 0.25) is 0 Å². The van der Waals surface area contributed by atoms with Crippen LogP contribution in [0.15, 0.2) is 24.3 Å². The molecule has 2 aliphatic heterocycles. The Balaban J connectivity index is 1.66. The van der Waals surface area contributed by atoms with Crippen LogP contribution in [-0.4, -0.2) is 50.5 Å². The van der Waals surface area contributed by atoms with Gasteiger partial charge >= 0.3 is 0 Å². The first-order valence-electron chi connectivity index (χ1n) is 6.90. The molecule has 0 bridgehead atoms. The van der Waals surface area contributed by atoms with E-state index in [1.165, 1.54) is 11.3 Å². The molecule has 1 fully saturated rings. The average molecular weight is 280 g/mol. The number of hydrogen-bond acceptors (Lipinski definition) is 4. The van der Waals surface area contributed by atoms with Crippen LogP contribution in [-0.2, 0) is 16.3 Å². The fraction of sp³-hybridized carbons (Fsp3) is 0.571. The molecule has 2 aliphatic rings. The van der Waals surface area contributed by atoms with Crippen molar-refractivity contribution >= 4 is 15.5 Å². The second kappa shape index (κ2) is 5.13. The van der Waals surface area contributed by atoms with Crippen LogP contribution in [0.1, 0.15) is 12.0 Å². The molecule has 0 aliphatic carbocycles. The standard InChI is InChI=1S/C14H20N2O2S/c17-19(18)9-7-16(8-10-19)13-6-5-12-3-1-2-4-14(12)15-11-13/h1-4,13,15H,5-11H2. The Kier molecular flexibility index (Phi) is 3.50. The Morgan fingerprint density at radius 3 is 2.68 bits per heavy atom. The molecule has 104 valence electrons. The SMILES string of the molecule is O=S1(=O)CCN(C2CCc3ccccc3NC2)CC1.